The standard InChI is InChI=1S/C5H6F3N3/c1-9-3-2-10-4(11-3)5(6,7)8/h2,9H,1H3,(H,10,11). The largest absolute Gasteiger partial charge is 0.449 e. The van der Waals surface area contributed by atoms with Crippen LogP contribution >= 0.6 is 0 Å². The van der Waals surface area contributed by atoms with Crippen molar-refractivity contribution in [3.8, 4) is 0 Å². The first-order valence-electron chi connectivity index (χ1n) is 2.84. The molecule has 0 spiro atoms. The van der Waals surface area contributed by atoms with Crippen molar-refractivity contribution in [2.75, 3.05) is 12.4 Å². The van der Waals surface area contributed by atoms with E-state index in [2.05, 4.69) is 15.3 Å². The second-order valence-corrected chi connectivity index (χ2v) is 1.89. The number of hydrogen-bond acceptors (Lipinski definition) is 2. The number of aromatic nitrogens is 2. The summed E-state index contributed by atoms with van der Waals surface area (Å²) >= 11 is 0. The van der Waals surface area contributed by atoms with E-state index in [-0.39, 0.29) is 5.82 Å². The Morgan fingerprint density at radius 3 is 2.45 bits per heavy atom. The van der Waals surface area contributed by atoms with Gasteiger partial charge in [0.1, 0.15) is 5.82 Å². The van der Waals surface area contributed by atoms with Gasteiger partial charge < -0.3 is 10.3 Å². The molecule has 0 fully saturated rings. The molecule has 1 aromatic rings. The average molecular weight is 165 g/mol. The van der Waals surface area contributed by atoms with E-state index in [1.54, 1.807) is 0 Å². The van der Waals surface area contributed by atoms with Gasteiger partial charge in [-0.15, -0.1) is 0 Å². The SMILES string of the molecule is CNc1cnc(C(F)(F)F)[nH]1. The molecule has 0 aliphatic carbocycles. The fourth-order valence-corrected chi connectivity index (χ4v) is 0.592. The summed E-state index contributed by atoms with van der Waals surface area (Å²) in [6, 6.07) is 0. The summed E-state index contributed by atoms with van der Waals surface area (Å²) < 4.78 is 35.4. The van der Waals surface area contributed by atoms with Gasteiger partial charge in [-0.3, -0.25) is 0 Å². The molecule has 3 nitrogen and oxygen atoms in total. The van der Waals surface area contributed by atoms with E-state index in [1.807, 2.05) is 0 Å². The van der Waals surface area contributed by atoms with Crippen LogP contribution in [0.5, 0.6) is 0 Å². The second-order valence-electron chi connectivity index (χ2n) is 1.89. The molecule has 0 aliphatic rings. The molecule has 0 unspecified atom stereocenters. The van der Waals surface area contributed by atoms with Crippen LogP contribution in [0.15, 0.2) is 6.20 Å². The van der Waals surface area contributed by atoms with Crippen molar-refractivity contribution < 1.29 is 13.2 Å². The molecule has 2 N–H and O–H groups in total. The van der Waals surface area contributed by atoms with Gasteiger partial charge in [-0.25, -0.2) is 4.98 Å². The van der Waals surface area contributed by atoms with E-state index in [0.29, 0.717) is 0 Å². The molecule has 6 heteroatoms. The van der Waals surface area contributed by atoms with E-state index < -0.39 is 12.0 Å². The molecule has 0 saturated carbocycles. The topological polar surface area (TPSA) is 40.7 Å². The number of nitrogens with one attached hydrogen (secondary N) is 2. The average Bonchev–Trinajstić information content (AvgIpc) is 2.32. The number of nitrogens with zero attached hydrogens (tertiary/aromatic N) is 1. The van der Waals surface area contributed by atoms with Gasteiger partial charge in [0.2, 0.25) is 5.82 Å². The summed E-state index contributed by atoms with van der Waals surface area (Å²) in [5.74, 6) is -0.737. The van der Waals surface area contributed by atoms with Crippen molar-refractivity contribution in [2.24, 2.45) is 0 Å². The van der Waals surface area contributed by atoms with Crippen LogP contribution in [0.3, 0.4) is 0 Å². The summed E-state index contributed by atoms with van der Waals surface area (Å²) in [5.41, 5.74) is 0. The highest BCUT2D eigenvalue weighted by Crippen LogP contribution is 2.26. The molecule has 11 heavy (non-hydrogen) atoms. The fourth-order valence-electron chi connectivity index (χ4n) is 0.592. The van der Waals surface area contributed by atoms with Crippen LogP contribution in [-0.2, 0) is 6.18 Å². The zero-order valence-corrected chi connectivity index (χ0v) is 5.66. The minimum absolute atomic E-state index is 0.248. The minimum atomic E-state index is -4.39. The lowest BCUT2D eigenvalue weighted by Crippen LogP contribution is -2.07. The van der Waals surface area contributed by atoms with Gasteiger partial charge in [0, 0.05) is 7.05 Å². The highest BCUT2D eigenvalue weighted by Gasteiger charge is 2.34. The first-order chi connectivity index (χ1) is 5.04. The quantitative estimate of drug-likeness (QED) is 0.661. The van der Waals surface area contributed by atoms with Crippen LogP contribution in [0.2, 0.25) is 0 Å². The summed E-state index contributed by atoms with van der Waals surface area (Å²) in [7, 11) is 1.51. The Balaban J connectivity index is 2.89. The molecule has 1 aromatic heterocycles. The Morgan fingerprint density at radius 1 is 1.55 bits per heavy atom. The lowest BCUT2D eigenvalue weighted by atomic mass is 10.6. The molecule has 0 atom stereocenters. The van der Waals surface area contributed by atoms with Gasteiger partial charge in [-0.1, -0.05) is 0 Å². The fraction of sp³-hybridized carbons (Fsp3) is 0.400. The molecule has 0 bridgehead atoms. The minimum Gasteiger partial charge on any atom is -0.373 e. The van der Waals surface area contributed by atoms with Crippen molar-refractivity contribution in [3.05, 3.63) is 12.0 Å². The highest BCUT2D eigenvalue weighted by atomic mass is 19.4. The summed E-state index contributed by atoms with van der Waals surface area (Å²) in [5, 5.41) is 2.50. The predicted octanol–water partition coefficient (Wildman–Crippen LogP) is 1.47. The van der Waals surface area contributed by atoms with Crippen LogP contribution in [-0.4, -0.2) is 17.0 Å². The van der Waals surface area contributed by atoms with E-state index in [0.717, 1.165) is 6.20 Å². The van der Waals surface area contributed by atoms with Gasteiger partial charge in [0.25, 0.3) is 0 Å². The number of anilines is 1. The Kier molecular flexibility index (Phi) is 1.76. The number of alkyl halides is 3. The summed E-state index contributed by atoms with van der Waals surface area (Å²) in [6.07, 6.45) is -3.31. The molecule has 0 aromatic carbocycles. The molecular weight excluding hydrogens is 159 g/mol. The normalized spacial score (nSPS) is 11.6. The maximum Gasteiger partial charge on any atom is 0.449 e. The van der Waals surface area contributed by atoms with Crippen molar-refractivity contribution in [3.63, 3.8) is 0 Å². The van der Waals surface area contributed by atoms with E-state index in [1.165, 1.54) is 7.05 Å². The lowest BCUT2D eigenvalue weighted by Gasteiger charge is -1.99. The van der Waals surface area contributed by atoms with Crippen LogP contribution in [0.1, 0.15) is 5.82 Å². The summed E-state index contributed by atoms with van der Waals surface area (Å²) in [6.45, 7) is 0. The smallest absolute Gasteiger partial charge is 0.373 e. The number of aromatic amines is 1. The van der Waals surface area contributed by atoms with Gasteiger partial charge in [-0.2, -0.15) is 13.2 Å². The number of imidazole rings is 1. The van der Waals surface area contributed by atoms with Crippen molar-refractivity contribution in [1.82, 2.24) is 9.97 Å². The van der Waals surface area contributed by atoms with Gasteiger partial charge >= 0.3 is 6.18 Å². The first kappa shape index (κ1) is 7.90. The van der Waals surface area contributed by atoms with Crippen molar-refractivity contribution in [1.29, 1.82) is 0 Å². The Morgan fingerprint density at radius 2 is 2.18 bits per heavy atom. The Hall–Kier alpha value is -1.20. The van der Waals surface area contributed by atoms with Gasteiger partial charge in [0.05, 0.1) is 6.20 Å². The monoisotopic (exact) mass is 165 g/mol. The number of H-pyrrole nitrogens is 1. The van der Waals surface area contributed by atoms with Crippen LogP contribution in [0.4, 0.5) is 19.0 Å². The zero-order valence-electron chi connectivity index (χ0n) is 5.66. The van der Waals surface area contributed by atoms with Gasteiger partial charge in [0.15, 0.2) is 0 Å². The van der Waals surface area contributed by atoms with E-state index >= 15 is 0 Å². The third-order valence-electron chi connectivity index (χ3n) is 1.11. The number of hydrogen-bond donors (Lipinski definition) is 2. The number of halogens is 3. The van der Waals surface area contributed by atoms with E-state index in [4.69, 9.17) is 0 Å². The van der Waals surface area contributed by atoms with Gasteiger partial charge in [-0.05, 0) is 0 Å². The van der Waals surface area contributed by atoms with Crippen LogP contribution in [0, 0.1) is 0 Å². The second kappa shape index (κ2) is 2.44. The third-order valence-corrected chi connectivity index (χ3v) is 1.11. The summed E-state index contributed by atoms with van der Waals surface area (Å²) in [4.78, 5) is 5.17. The first-order valence-corrected chi connectivity index (χ1v) is 2.84. The molecule has 0 amide bonds. The third kappa shape index (κ3) is 1.63. The molecule has 0 radical (unpaired) electrons. The predicted molar refractivity (Wildman–Crippen MR) is 33.1 cm³/mol. The lowest BCUT2D eigenvalue weighted by molar-refractivity contribution is -0.144. The van der Waals surface area contributed by atoms with Crippen LogP contribution in [0.25, 0.3) is 0 Å². The van der Waals surface area contributed by atoms with Crippen LogP contribution < -0.4 is 5.32 Å². The highest BCUT2D eigenvalue weighted by molar-refractivity contribution is 5.31. The van der Waals surface area contributed by atoms with Crippen molar-refractivity contribution in [2.45, 2.75) is 6.18 Å². The van der Waals surface area contributed by atoms with E-state index in [9.17, 15) is 13.2 Å². The Labute approximate surface area is 60.6 Å². The molecule has 0 aliphatic heterocycles. The molecule has 62 valence electrons. The maximum atomic E-state index is 11.8. The molecule has 1 heterocycles. The number of rotatable bonds is 1. The van der Waals surface area contributed by atoms with Crippen molar-refractivity contribution >= 4 is 5.82 Å². The zero-order chi connectivity index (χ0) is 8.48. The Bertz CT molecular complexity index is 239. The molecule has 1 rings (SSSR count). The molecular formula is C5H6F3N3. The molecule has 0 saturated heterocycles. The maximum absolute atomic E-state index is 11.8.